The summed E-state index contributed by atoms with van der Waals surface area (Å²) >= 11 is 0. The predicted molar refractivity (Wildman–Crippen MR) is 68.7 cm³/mol. The molecule has 1 unspecified atom stereocenters. The highest BCUT2D eigenvalue weighted by molar-refractivity contribution is 7.92. The van der Waals surface area contributed by atoms with E-state index in [1.165, 1.54) is 12.3 Å². The molecule has 18 heavy (non-hydrogen) atoms. The summed E-state index contributed by atoms with van der Waals surface area (Å²) < 4.78 is 23.3. The standard InChI is InChI=1S/C11H14N4O2S/c12-5-8-4-9(13)6-14-11(8)15-7-10-2-1-3-18(10,16)17/h4,6,10H,1-3,7,13H2,(H,14,15). The number of nitriles is 1. The quantitative estimate of drug-likeness (QED) is 0.825. The molecule has 0 aliphatic carbocycles. The SMILES string of the molecule is N#Cc1cc(N)cnc1NCC1CCCS1(=O)=O. The number of hydrogen-bond donors (Lipinski definition) is 2. The molecule has 6 nitrogen and oxygen atoms in total. The summed E-state index contributed by atoms with van der Waals surface area (Å²) in [5.74, 6) is 0.633. The third kappa shape index (κ3) is 2.54. The molecule has 0 aromatic carbocycles. The van der Waals surface area contributed by atoms with Gasteiger partial charge in [0.05, 0.1) is 28.5 Å². The Hall–Kier alpha value is -1.81. The normalized spacial score (nSPS) is 21.4. The van der Waals surface area contributed by atoms with Crippen LogP contribution in [0.2, 0.25) is 0 Å². The summed E-state index contributed by atoms with van der Waals surface area (Å²) in [5.41, 5.74) is 6.26. The Morgan fingerprint density at radius 3 is 3.00 bits per heavy atom. The maximum atomic E-state index is 11.6. The molecule has 1 aliphatic heterocycles. The molecule has 1 atom stereocenters. The van der Waals surface area contributed by atoms with Gasteiger partial charge in [-0.15, -0.1) is 0 Å². The maximum absolute atomic E-state index is 11.6. The van der Waals surface area contributed by atoms with Gasteiger partial charge in [-0.05, 0) is 18.9 Å². The zero-order valence-electron chi connectivity index (χ0n) is 9.76. The van der Waals surface area contributed by atoms with Crippen molar-refractivity contribution in [3.8, 4) is 6.07 Å². The van der Waals surface area contributed by atoms with Gasteiger partial charge >= 0.3 is 0 Å². The lowest BCUT2D eigenvalue weighted by atomic mass is 10.2. The average Bonchev–Trinajstić information content (AvgIpc) is 2.66. The molecule has 3 N–H and O–H groups in total. The van der Waals surface area contributed by atoms with Crippen LogP contribution in [0.1, 0.15) is 18.4 Å². The fourth-order valence-corrected chi connectivity index (χ4v) is 3.77. The van der Waals surface area contributed by atoms with E-state index in [9.17, 15) is 8.42 Å². The number of nitrogens with zero attached hydrogens (tertiary/aromatic N) is 2. The monoisotopic (exact) mass is 266 g/mol. The molecular formula is C11H14N4O2S. The Balaban J connectivity index is 2.10. The van der Waals surface area contributed by atoms with Crippen LogP contribution in [0.4, 0.5) is 11.5 Å². The Morgan fingerprint density at radius 2 is 2.39 bits per heavy atom. The second-order valence-corrected chi connectivity index (χ2v) is 6.69. The van der Waals surface area contributed by atoms with Crippen molar-refractivity contribution in [1.29, 1.82) is 5.26 Å². The van der Waals surface area contributed by atoms with Crippen molar-refractivity contribution in [2.45, 2.75) is 18.1 Å². The van der Waals surface area contributed by atoms with Crippen molar-refractivity contribution in [2.75, 3.05) is 23.3 Å². The van der Waals surface area contributed by atoms with Gasteiger partial charge in [-0.2, -0.15) is 5.26 Å². The van der Waals surface area contributed by atoms with Crippen molar-refractivity contribution < 1.29 is 8.42 Å². The van der Waals surface area contributed by atoms with Crippen molar-refractivity contribution in [3.63, 3.8) is 0 Å². The van der Waals surface area contributed by atoms with Crippen LogP contribution in [-0.2, 0) is 9.84 Å². The molecular weight excluding hydrogens is 252 g/mol. The molecule has 0 spiro atoms. The van der Waals surface area contributed by atoms with E-state index in [-0.39, 0.29) is 17.5 Å². The zero-order chi connectivity index (χ0) is 13.2. The molecule has 7 heteroatoms. The molecule has 0 amide bonds. The van der Waals surface area contributed by atoms with Gasteiger partial charge in [-0.3, -0.25) is 0 Å². The van der Waals surface area contributed by atoms with Crippen molar-refractivity contribution >= 4 is 21.3 Å². The van der Waals surface area contributed by atoms with Crippen LogP contribution in [-0.4, -0.2) is 30.9 Å². The number of nitrogen functional groups attached to an aromatic ring is 1. The number of rotatable bonds is 3. The lowest BCUT2D eigenvalue weighted by Crippen LogP contribution is -2.25. The van der Waals surface area contributed by atoms with Gasteiger partial charge in [-0.25, -0.2) is 13.4 Å². The number of sulfone groups is 1. The number of nitrogens with two attached hydrogens (primary N) is 1. The molecule has 96 valence electrons. The first-order chi connectivity index (χ1) is 8.53. The highest BCUT2D eigenvalue weighted by atomic mass is 32.2. The molecule has 0 bridgehead atoms. The van der Waals surface area contributed by atoms with Gasteiger partial charge in [0.1, 0.15) is 11.9 Å². The van der Waals surface area contributed by atoms with Gasteiger partial charge in [0.15, 0.2) is 9.84 Å². The van der Waals surface area contributed by atoms with E-state index in [1.54, 1.807) is 0 Å². The topological polar surface area (TPSA) is 109 Å². The summed E-state index contributed by atoms with van der Waals surface area (Å²) in [6.07, 6.45) is 2.80. The van der Waals surface area contributed by atoms with E-state index in [0.717, 1.165) is 0 Å². The Morgan fingerprint density at radius 1 is 1.61 bits per heavy atom. The summed E-state index contributed by atoms with van der Waals surface area (Å²) in [6, 6.07) is 3.49. The predicted octanol–water partition coefficient (Wildman–Crippen LogP) is 0.525. The third-order valence-electron chi connectivity index (χ3n) is 2.99. The van der Waals surface area contributed by atoms with Gasteiger partial charge in [0.2, 0.25) is 0 Å². The lowest BCUT2D eigenvalue weighted by molar-refractivity contribution is 0.591. The fourth-order valence-electron chi connectivity index (χ4n) is 2.00. The second-order valence-electron chi connectivity index (χ2n) is 4.29. The number of anilines is 2. The van der Waals surface area contributed by atoms with Gasteiger partial charge in [0.25, 0.3) is 0 Å². The minimum absolute atomic E-state index is 0.250. The summed E-state index contributed by atoms with van der Waals surface area (Å²) in [7, 11) is -2.98. The number of hydrogen-bond acceptors (Lipinski definition) is 6. The summed E-state index contributed by atoms with van der Waals surface area (Å²) in [6.45, 7) is 0.286. The van der Waals surface area contributed by atoms with Gasteiger partial charge < -0.3 is 11.1 Å². The first-order valence-electron chi connectivity index (χ1n) is 5.64. The number of aromatic nitrogens is 1. The summed E-state index contributed by atoms with van der Waals surface area (Å²) in [5, 5.41) is 11.5. The highest BCUT2D eigenvalue weighted by Crippen LogP contribution is 2.21. The van der Waals surface area contributed by atoms with Gasteiger partial charge in [0, 0.05) is 6.54 Å². The average molecular weight is 266 g/mol. The first kappa shape index (κ1) is 12.6. The molecule has 1 aromatic heterocycles. The van der Waals surface area contributed by atoms with E-state index in [1.807, 2.05) is 6.07 Å². The van der Waals surface area contributed by atoms with Crippen molar-refractivity contribution in [2.24, 2.45) is 0 Å². The molecule has 0 radical (unpaired) electrons. The van der Waals surface area contributed by atoms with Gasteiger partial charge in [-0.1, -0.05) is 0 Å². The lowest BCUT2D eigenvalue weighted by Gasteiger charge is -2.12. The Kier molecular flexibility index (Phi) is 3.39. The molecule has 1 aromatic rings. The van der Waals surface area contributed by atoms with Crippen LogP contribution in [0, 0.1) is 11.3 Å². The summed E-state index contributed by atoms with van der Waals surface area (Å²) in [4.78, 5) is 4.00. The third-order valence-corrected chi connectivity index (χ3v) is 5.27. The smallest absolute Gasteiger partial charge is 0.154 e. The zero-order valence-corrected chi connectivity index (χ0v) is 10.6. The number of pyridine rings is 1. The maximum Gasteiger partial charge on any atom is 0.154 e. The molecule has 1 saturated heterocycles. The molecule has 2 rings (SSSR count). The Labute approximate surface area is 106 Å². The van der Waals surface area contributed by atoms with E-state index in [2.05, 4.69) is 10.3 Å². The van der Waals surface area contributed by atoms with E-state index < -0.39 is 9.84 Å². The first-order valence-corrected chi connectivity index (χ1v) is 7.35. The number of nitrogens with one attached hydrogen (secondary N) is 1. The van der Waals surface area contributed by atoms with Crippen LogP contribution >= 0.6 is 0 Å². The van der Waals surface area contributed by atoms with Crippen LogP contribution in [0.3, 0.4) is 0 Å². The molecule has 1 aliphatic rings. The Bertz CT molecular complexity index is 592. The second kappa shape index (κ2) is 4.82. The van der Waals surface area contributed by atoms with Crippen molar-refractivity contribution in [1.82, 2.24) is 4.98 Å². The minimum Gasteiger partial charge on any atom is -0.397 e. The van der Waals surface area contributed by atoms with Crippen LogP contribution in [0.25, 0.3) is 0 Å². The van der Waals surface area contributed by atoms with Crippen LogP contribution in [0.5, 0.6) is 0 Å². The van der Waals surface area contributed by atoms with Crippen molar-refractivity contribution in [3.05, 3.63) is 17.8 Å². The highest BCUT2D eigenvalue weighted by Gasteiger charge is 2.31. The van der Waals surface area contributed by atoms with E-state index in [4.69, 9.17) is 11.0 Å². The van der Waals surface area contributed by atoms with E-state index in [0.29, 0.717) is 29.9 Å². The molecule has 2 heterocycles. The van der Waals surface area contributed by atoms with Crippen LogP contribution in [0.15, 0.2) is 12.3 Å². The minimum atomic E-state index is -2.98. The molecule has 1 fully saturated rings. The van der Waals surface area contributed by atoms with E-state index >= 15 is 0 Å². The molecule has 0 saturated carbocycles. The van der Waals surface area contributed by atoms with Crippen LogP contribution < -0.4 is 11.1 Å². The largest absolute Gasteiger partial charge is 0.397 e. The fraction of sp³-hybridized carbons (Fsp3) is 0.455.